The molecule has 2 rings (SSSR count). The van der Waals surface area contributed by atoms with Crippen LogP contribution in [-0.2, 0) is 49.6 Å². The van der Waals surface area contributed by atoms with Crippen LogP contribution in [0.2, 0.25) is 0 Å². The summed E-state index contributed by atoms with van der Waals surface area (Å²) in [6.45, 7) is 8.24. The lowest BCUT2D eigenvalue weighted by Gasteiger charge is -2.30. The largest absolute Gasteiger partial charge is 0.508 e. The van der Waals surface area contributed by atoms with Crippen molar-refractivity contribution in [1.29, 1.82) is 0 Å². The number of amides is 8. The normalized spacial score (nSPS) is 16.4. The molecule has 1 aliphatic heterocycles. The van der Waals surface area contributed by atoms with E-state index in [1.165, 1.54) is 29.2 Å². The van der Waals surface area contributed by atoms with E-state index >= 15 is 0 Å². The van der Waals surface area contributed by atoms with Crippen LogP contribution in [0.3, 0.4) is 0 Å². The van der Waals surface area contributed by atoms with E-state index in [9.17, 15) is 63.6 Å². The minimum Gasteiger partial charge on any atom is -0.508 e. The summed E-state index contributed by atoms with van der Waals surface area (Å²) in [5, 5.41) is 57.4. The average molecular weight is 991 g/mol. The number of guanidine groups is 1. The molecule has 70 heavy (non-hydrogen) atoms. The highest BCUT2D eigenvalue weighted by Crippen LogP contribution is 2.20. The fourth-order valence-corrected chi connectivity index (χ4v) is 7.52. The van der Waals surface area contributed by atoms with E-state index in [0.717, 1.165) is 0 Å². The van der Waals surface area contributed by atoms with E-state index in [1.807, 2.05) is 0 Å². The number of nitrogens with zero attached hydrogens (tertiary/aromatic N) is 2. The zero-order chi connectivity index (χ0) is 52.8. The van der Waals surface area contributed by atoms with Crippen molar-refractivity contribution in [3.05, 3.63) is 29.8 Å². The minimum absolute atomic E-state index is 0.0353. The molecule has 1 aromatic carbocycles. The molecule has 0 saturated carbocycles. The van der Waals surface area contributed by atoms with E-state index in [-0.39, 0.29) is 75.2 Å². The Morgan fingerprint density at radius 3 is 1.76 bits per heavy atom. The third kappa shape index (κ3) is 19.8. The second-order valence-corrected chi connectivity index (χ2v) is 18.3. The first-order chi connectivity index (χ1) is 32.9. The maximum absolute atomic E-state index is 14.1. The molecule has 1 aliphatic rings. The number of carboxylic acid groups (broad SMARTS) is 1. The van der Waals surface area contributed by atoms with Gasteiger partial charge in [0.1, 0.15) is 54.1 Å². The molecule has 1 heterocycles. The third-order valence-electron chi connectivity index (χ3n) is 11.2. The second-order valence-electron chi connectivity index (χ2n) is 18.3. The summed E-state index contributed by atoms with van der Waals surface area (Å²) in [6.07, 6.45) is 0.644. The topological polar surface area (TPSA) is 412 Å². The molecule has 8 amide bonds. The maximum atomic E-state index is 14.1. The molecule has 0 aromatic heterocycles. The van der Waals surface area contributed by atoms with Crippen LogP contribution in [0.1, 0.15) is 85.6 Å². The molecule has 0 bridgehead atoms. The van der Waals surface area contributed by atoms with Gasteiger partial charge in [-0.1, -0.05) is 53.7 Å². The van der Waals surface area contributed by atoms with Crippen molar-refractivity contribution < 1.29 is 63.6 Å². The van der Waals surface area contributed by atoms with E-state index in [0.29, 0.717) is 12.0 Å². The number of aliphatic hydroxyl groups excluding tert-OH is 2. The molecular formula is C45H74N12O13. The number of aliphatic hydroxyl groups is 2. The molecule has 8 atom stereocenters. The minimum atomic E-state index is -1.70. The number of phenols is 1. The molecule has 1 fully saturated rings. The van der Waals surface area contributed by atoms with Crippen molar-refractivity contribution in [3.8, 4) is 5.75 Å². The Balaban J connectivity index is 2.37. The van der Waals surface area contributed by atoms with E-state index in [2.05, 4.69) is 42.2 Å². The summed E-state index contributed by atoms with van der Waals surface area (Å²) in [7, 11) is 0. The molecule has 0 spiro atoms. The molecule has 0 radical (unpaired) electrons. The molecule has 25 nitrogen and oxygen atoms in total. The van der Waals surface area contributed by atoms with Crippen molar-refractivity contribution in [2.45, 2.75) is 135 Å². The van der Waals surface area contributed by atoms with Gasteiger partial charge in [-0.2, -0.15) is 0 Å². The van der Waals surface area contributed by atoms with Crippen molar-refractivity contribution in [2.24, 2.45) is 39.9 Å². The summed E-state index contributed by atoms with van der Waals surface area (Å²) in [6, 6.07) is -5.10. The van der Waals surface area contributed by atoms with E-state index < -0.39 is 127 Å². The van der Waals surface area contributed by atoms with Gasteiger partial charge in [0.05, 0.1) is 19.8 Å². The number of nitrogens with one attached hydrogen (secondary N) is 7. The predicted octanol–water partition coefficient (Wildman–Crippen LogP) is -3.85. The lowest BCUT2D eigenvalue weighted by atomic mass is 9.99. The van der Waals surface area contributed by atoms with Crippen molar-refractivity contribution in [3.63, 3.8) is 0 Å². The first-order valence-corrected chi connectivity index (χ1v) is 23.3. The summed E-state index contributed by atoms with van der Waals surface area (Å²) in [5.41, 5.74) is 16.7. The Bertz CT molecular complexity index is 1980. The Morgan fingerprint density at radius 1 is 0.686 bits per heavy atom. The predicted molar refractivity (Wildman–Crippen MR) is 255 cm³/mol. The van der Waals surface area contributed by atoms with Crippen molar-refractivity contribution in [1.82, 2.24) is 42.1 Å². The monoisotopic (exact) mass is 991 g/mol. The number of aromatic hydroxyl groups is 1. The standard InChI is InChI=1S/C45H74N12O13/c1-23(2)17-29(38(63)54-31(44(69)70)18-24(3)4)52-37(62)28(9-7-15-49-45(47)48)51-40(65)32(21-58)55-42(67)36(25(5)6)56-39(64)30(19-26-11-13-27(60)14-12-26)53-41(66)34-10-8-16-57(34)43(68)33(22-59)50-35(61)20-46/h11-14,23-25,28-34,36,58-60H,7-10,15-22,46H2,1-6H3,(H,50,61)(H,51,65)(H,52,62)(H,53,66)(H,54,63)(H,55,67)(H,56,64)(H,69,70)(H4,47,48,49)/t28-,29-,30-,31-,32-,33-,34-,36-/m0/s1. The highest BCUT2D eigenvalue weighted by molar-refractivity contribution is 5.98. The first kappa shape index (κ1) is 59.5. The van der Waals surface area contributed by atoms with Gasteiger partial charge in [0.2, 0.25) is 47.3 Å². The fraction of sp³-hybridized carbons (Fsp3) is 0.644. The van der Waals surface area contributed by atoms with Crippen molar-refractivity contribution in [2.75, 3.05) is 32.8 Å². The summed E-state index contributed by atoms with van der Waals surface area (Å²) in [4.78, 5) is 125. The summed E-state index contributed by atoms with van der Waals surface area (Å²) in [5.74, 6) is -9.11. The lowest BCUT2D eigenvalue weighted by molar-refractivity contribution is -0.143. The smallest absolute Gasteiger partial charge is 0.326 e. The highest BCUT2D eigenvalue weighted by atomic mass is 16.4. The molecule has 25 heteroatoms. The van der Waals surface area contributed by atoms with Crippen molar-refractivity contribution >= 4 is 59.2 Å². The van der Waals surface area contributed by atoms with E-state index in [1.54, 1.807) is 41.5 Å². The van der Waals surface area contributed by atoms with Crippen LogP contribution in [0.15, 0.2) is 29.3 Å². The number of hydrogen-bond acceptors (Lipinski definition) is 14. The molecule has 17 N–H and O–H groups in total. The van der Waals surface area contributed by atoms with Gasteiger partial charge in [-0.3, -0.25) is 43.3 Å². The number of likely N-dealkylation sites (tertiary alicyclic amines) is 1. The van der Waals surface area contributed by atoms with Crippen LogP contribution in [0, 0.1) is 17.8 Å². The van der Waals surface area contributed by atoms with Crippen LogP contribution >= 0.6 is 0 Å². The molecule has 0 aliphatic carbocycles. The van der Waals surface area contributed by atoms with Gasteiger partial charge < -0.3 is 79.7 Å². The van der Waals surface area contributed by atoms with Gasteiger partial charge in [-0.05, 0) is 74.0 Å². The quantitative estimate of drug-likeness (QED) is 0.0208. The SMILES string of the molecule is CC(C)C[C@H](NC(=O)[C@H](CC(C)C)NC(=O)[C@H](CCCN=C(N)N)NC(=O)[C@H](CO)NC(=O)[C@@H](NC(=O)[C@H](Cc1ccc(O)cc1)NC(=O)[C@@H]1CCCN1C(=O)[C@H](CO)NC(=O)CN)C(C)C)C(=O)O. The Kier molecular flexibility index (Phi) is 25.0. The lowest BCUT2D eigenvalue weighted by Crippen LogP contribution is -2.61. The highest BCUT2D eigenvalue weighted by Gasteiger charge is 2.40. The number of carbonyl (C=O) groups excluding carboxylic acids is 8. The van der Waals surface area contributed by atoms with Gasteiger partial charge in [0.25, 0.3) is 0 Å². The van der Waals surface area contributed by atoms with Crippen LogP contribution in [0.5, 0.6) is 5.75 Å². The number of benzene rings is 1. The number of nitrogens with two attached hydrogens (primary N) is 3. The number of rotatable bonds is 29. The zero-order valence-electron chi connectivity index (χ0n) is 40.7. The molecule has 0 unspecified atom stereocenters. The van der Waals surface area contributed by atoms with Gasteiger partial charge in [-0.25, -0.2) is 4.79 Å². The Labute approximate surface area is 407 Å². The van der Waals surface area contributed by atoms with Crippen LogP contribution in [0.4, 0.5) is 0 Å². The van der Waals surface area contributed by atoms with Crippen LogP contribution in [0.25, 0.3) is 0 Å². The van der Waals surface area contributed by atoms with Gasteiger partial charge >= 0.3 is 5.97 Å². The van der Waals surface area contributed by atoms with E-state index in [4.69, 9.17) is 17.2 Å². The summed E-state index contributed by atoms with van der Waals surface area (Å²) >= 11 is 0. The average Bonchev–Trinajstić information content (AvgIpc) is 3.79. The Morgan fingerprint density at radius 2 is 1.21 bits per heavy atom. The number of phenolic OH excluding ortho intramolecular Hbond substituents is 1. The first-order valence-electron chi connectivity index (χ1n) is 23.3. The number of carbonyl (C=O) groups is 9. The Hall–Kier alpha value is -6.60. The number of carboxylic acids is 1. The molecular weight excluding hydrogens is 917 g/mol. The fourth-order valence-electron chi connectivity index (χ4n) is 7.52. The second kappa shape index (κ2) is 29.4. The summed E-state index contributed by atoms with van der Waals surface area (Å²) < 4.78 is 0. The van der Waals surface area contributed by atoms with Crippen LogP contribution in [-0.4, -0.2) is 166 Å². The van der Waals surface area contributed by atoms with Gasteiger partial charge in [-0.15, -0.1) is 0 Å². The molecule has 1 saturated heterocycles. The number of aliphatic imine (C=N–C) groups is 1. The third-order valence-corrected chi connectivity index (χ3v) is 11.2. The number of hydrogen-bond donors (Lipinski definition) is 14. The van der Waals surface area contributed by atoms with Crippen LogP contribution < -0.4 is 54.4 Å². The molecule has 1 aromatic rings. The number of aliphatic carboxylic acids is 1. The zero-order valence-corrected chi connectivity index (χ0v) is 40.7. The van der Waals surface area contributed by atoms with Gasteiger partial charge in [0.15, 0.2) is 5.96 Å². The van der Waals surface area contributed by atoms with Gasteiger partial charge in [0, 0.05) is 19.5 Å². The molecule has 392 valence electrons. The maximum Gasteiger partial charge on any atom is 0.326 e.